The molecule has 0 aromatic carbocycles. The number of ketones is 1. The van der Waals surface area contributed by atoms with Crippen molar-refractivity contribution in [1.82, 2.24) is 4.90 Å². The molecule has 0 spiro atoms. The van der Waals surface area contributed by atoms with Crippen LogP contribution in [-0.4, -0.2) is 42.5 Å². The molecule has 160 valence electrons. The normalized spacial score (nSPS) is 28.1. The van der Waals surface area contributed by atoms with Gasteiger partial charge < -0.3 is 10.0 Å². The number of aliphatic hydroxyl groups excluding tert-OH is 1. The molecule has 0 saturated heterocycles. The Morgan fingerprint density at radius 2 is 2.07 bits per heavy atom. The van der Waals surface area contributed by atoms with Crippen molar-refractivity contribution in [2.24, 2.45) is 23.7 Å². The van der Waals surface area contributed by atoms with Crippen LogP contribution in [0.25, 0.3) is 0 Å². The van der Waals surface area contributed by atoms with Crippen LogP contribution in [0.4, 0.5) is 0 Å². The van der Waals surface area contributed by atoms with Crippen molar-refractivity contribution in [1.29, 1.82) is 0 Å². The standard InChI is InChI=1S/C25H43NO2/c1-5-6-10-19(2)15-22(27)12-13-23-24-17-20(16-21(24)18-25(23)28)11-8-7-9-14-26(3)4/h12-13,16,19,21,23-25,28H,5-11,14-15,17-18H2,1-4H3/t19-,21-,23+,24-,25+/m0/s1. The Morgan fingerprint density at radius 3 is 2.79 bits per heavy atom. The summed E-state index contributed by atoms with van der Waals surface area (Å²) in [5.41, 5.74) is 1.59. The molecule has 2 rings (SSSR count). The molecule has 1 saturated carbocycles. The minimum absolute atomic E-state index is 0.155. The molecule has 0 radical (unpaired) electrons. The molecule has 3 nitrogen and oxygen atoms in total. The van der Waals surface area contributed by atoms with Gasteiger partial charge in [-0.1, -0.05) is 57.3 Å². The van der Waals surface area contributed by atoms with E-state index in [0.717, 1.165) is 19.3 Å². The maximum Gasteiger partial charge on any atom is 0.155 e. The Balaban J connectivity index is 1.76. The number of aliphatic hydroxyl groups is 1. The Hall–Kier alpha value is -0.930. The van der Waals surface area contributed by atoms with Gasteiger partial charge in [-0.25, -0.2) is 0 Å². The lowest BCUT2D eigenvalue weighted by Gasteiger charge is -2.18. The van der Waals surface area contributed by atoms with Crippen LogP contribution in [0.1, 0.15) is 78.1 Å². The summed E-state index contributed by atoms with van der Waals surface area (Å²) in [5, 5.41) is 10.5. The fourth-order valence-electron chi connectivity index (χ4n) is 5.03. The molecule has 0 unspecified atom stereocenters. The van der Waals surface area contributed by atoms with Gasteiger partial charge in [-0.2, -0.15) is 0 Å². The van der Waals surface area contributed by atoms with Crippen LogP contribution in [0.3, 0.4) is 0 Å². The van der Waals surface area contributed by atoms with Gasteiger partial charge in [0, 0.05) is 12.3 Å². The van der Waals surface area contributed by atoms with Gasteiger partial charge in [-0.3, -0.25) is 4.79 Å². The molecule has 3 heteroatoms. The predicted octanol–water partition coefficient (Wildman–Crippen LogP) is 5.39. The summed E-state index contributed by atoms with van der Waals surface area (Å²) in [6.07, 6.45) is 17.2. The molecule has 0 aliphatic heterocycles. The van der Waals surface area contributed by atoms with Gasteiger partial charge in [-0.15, -0.1) is 0 Å². The van der Waals surface area contributed by atoms with E-state index in [9.17, 15) is 9.90 Å². The van der Waals surface area contributed by atoms with E-state index in [-0.39, 0.29) is 17.8 Å². The summed E-state index contributed by atoms with van der Waals surface area (Å²) < 4.78 is 0. The first-order valence-corrected chi connectivity index (χ1v) is 11.6. The van der Waals surface area contributed by atoms with Crippen LogP contribution >= 0.6 is 0 Å². The third kappa shape index (κ3) is 7.48. The lowest BCUT2D eigenvalue weighted by atomic mass is 9.88. The van der Waals surface area contributed by atoms with Crippen molar-refractivity contribution in [2.75, 3.05) is 20.6 Å². The van der Waals surface area contributed by atoms with Crippen molar-refractivity contribution in [2.45, 2.75) is 84.2 Å². The number of hydrogen-bond acceptors (Lipinski definition) is 3. The number of hydrogen-bond donors (Lipinski definition) is 1. The lowest BCUT2D eigenvalue weighted by molar-refractivity contribution is -0.115. The quantitative estimate of drug-likeness (QED) is 0.261. The van der Waals surface area contributed by atoms with Crippen LogP contribution in [0.5, 0.6) is 0 Å². The van der Waals surface area contributed by atoms with Gasteiger partial charge in [0.2, 0.25) is 0 Å². The van der Waals surface area contributed by atoms with E-state index in [1.165, 1.54) is 45.1 Å². The van der Waals surface area contributed by atoms with Gasteiger partial charge >= 0.3 is 0 Å². The largest absolute Gasteiger partial charge is 0.392 e. The maximum atomic E-state index is 12.3. The van der Waals surface area contributed by atoms with Crippen LogP contribution in [-0.2, 0) is 4.79 Å². The molecule has 28 heavy (non-hydrogen) atoms. The molecular formula is C25H43NO2. The topological polar surface area (TPSA) is 40.5 Å². The van der Waals surface area contributed by atoms with Crippen molar-refractivity contribution in [3.8, 4) is 0 Å². The van der Waals surface area contributed by atoms with Crippen molar-refractivity contribution in [3.05, 3.63) is 23.8 Å². The van der Waals surface area contributed by atoms with Crippen LogP contribution in [0.2, 0.25) is 0 Å². The summed E-state index contributed by atoms with van der Waals surface area (Å²) >= 11 is 0. The van der Waals surface area contributed by atoms with Gasteiger partial charge in [0.1, 0.15) is 0 Å². The first kappa shape index (κ1) is 23.3. The SMILES string of the molecule is CCCC[C@H](C)CC(=O)C=C[C@@H]1[C@H]2CC(CCCCCN(C)C)=C[C@H]2C[C@H]1O. The number of fused-ring (bicyclic) bond motifs is 1. The molecule has 5 atom stereocenters. The number of rotatable bonds is 13. The second-order valence-corrected chi connectivity index (χ2v) is 9.63. The highest BCUT2D eigenvalue weighted by Gasteiger charge is 2.43. The first-order valence-electron chi connectivity index (χ1n) is 11.6. The van der Waals surface area contributed by atoms with E-state index in [1.54, 1.807) is 11.6 Å². The van der Waals surface area contributed by atoms with E-state index in [0.29, 0.717) is 24.2 Å². The van der Waals surface area contributed by atoms with E-state index in [1.807, 2.05) is 6.08 Å². The van der Waals surface area contributed by atoms with Crippen molar-refractivity contribution in [3.63, 3.8) is 0 Å². The molecule has 2 aliphatic rings. The number of unbranched alkanes of at least 4 members (excludes halogenated alkanes) is 3. The Morgan fingerprint density at radius 1 is 1.29 bits per heavy atom. The number of carbonyl (C=O) groups is 1. The van der Waals surface area contributed by atoms with Crippen molar-refractivity contribution >= 4 is 5.78 Å². The number of nitrogens with zero attached hydrogens (tertiary/aromatic N) is 1. The third-order valence-electron chi connectivity index (χ3n) is 6.66. The molecule has 0 heterocycles. The summed E-state index contributed by atoms with van der Waals surface area (Å²) in [6.45, 7) is 5.54. The molecular weight excluding hydrogens is 346 g/mol. The first-order chi connectivity index (χ1) is 13.4. The van der Waals surface area contributed by atoms with Crippen LogP contribution in [0.15, 0.2) is 23.8 Å². The molecule has 1 N–H and O–H groups in total. The summed E-state index contributed by atoms with van der Waals surface area (Å²) in [6, 6.07) is 0. The third-order valence-corrected chi connectivity index (χ3v) is 6.66. The second kappa shape index (κ2) is 11.9. The van der Waals surface area contributed by atoms with Gasteiger partial charge in [-0.05, 0) is 76.6 Å². The monoisotopic (exact) mass is 389 g/mol. The molecule has 0 aromatic rings. The van der Waals surface area contributed by atoms with Crippen LogP contribution in [0, 0.1) is 23.7 Å². The summed E-state index contributed by atoms with van der Waals surface area (Å²) in [4.78, 5) is 14.6. The smallest absolute Gasteiger partial charge is 0.155 e. The zero-order valence-corrected chi connectivity index (χ0v) is 18.7. The Labute approximate surface area is 173 Å². The minimum atomic E-state index is -0.283. The molecule has 1 fully saturated rings. The van der Waals surface area contributed by atoms with Crippen molar-refractivity contribution < 1.29 is 9.90 Å². The zero-order valence-electron chi connectivity index (χ0n) is 18.7. The predicted molar refractivity (Wildman–Crippen MR) is 118 cm³/mol. The zero-order chi connectivity index (χ0) is 20.5. The second-order valence-electron chi connectivity index (χ2n) is 9.63. The lowest BCUT2D eigenvalue weighted by Crippen LogP contribution is -2.17. The number of allylic oxidation sites excluding steroid dienone is 3. The van der Waals surface area contributed by atoms with Gasteiger partial charge in [0.05, 0.1) is 6.10 Å². The fraction of sp³-hybridized carbons (Fsp3) is 0.800. The Kier molecular flexibility index (Phi) is 9.94. The van der Waals surface area contributed by atoms with Gasteiger partial charge in [0.15, 0.2) is 5.78 Å². The average Bonchev–Trinajstić information content (AvgIpc) is 3.14. The minimum Gasteiger partial charge on any atom is -0.392 e. The van der Waals surface area contributed by atoms with E-state index in [2.05, 4.69) is 38.9 Å². The molecule has 0 bridgehead atoms. The molecule has 0 amide bonds. The van der Waals surface area contributed by atoms with Crippen LogP contribution < -0.4 is 0 Å². The highest BCUT2D eigenvalue weighted by Crippen LogP contribution is 2.48. The highest BCUT2D eigenvalue weighted by atomic mass is 16.3. The molecule has 0 aromatic heterocycles. The summed E-state index contributed by atoms with van der Waals surface area (Å²) in [7, 11) is 4.27. The van der Waals surface area contributed by atoms with Gasteiger partial charge in [0.25, 0.3) is 0 Å². The average molecular weight is 390 g/mol. The fourth-order valence-corrected chi connectivity index (χ4v) is 5.03. The number of carbonyl (C=O) groups excluding carboxylic acids is 1. The van der Waals surface area contributed by atoms with E-state index >= 15 is 0 Å². The summed E-state index contributed by atoms with van der Waals surface area (Å²) in [5.74, 6) is 1.87. The van der Waals surface area contributed by atoms with E-state index in [4.69, 9.17) is 0 Å². The maximum absolute atomic E-state index is 12.3. The highest BCUT2D eigenvalue weighted by molar-refractivity contribution is 5.89. The Bertz CT molecular complexity index is 537. The van der Waals surface area contributed by atoms with E-state index < -0.39 is 0 Å². The molecule has 2 aliphatic carbocycles.